The van der Waals surface area contributed by atoms with Gasteiger partial charge in [0.25, 0.3) is 10.0 Å². The lowest BCUT2D eigenvalue weighted by molar-refractivity contribution is 0.563. The second-order valence-corrected chi connectivity index (χ2v) is 8.17. The maximum Gasteiger partial charge on any atom is 0.250 e. The zero-order valence-corrected chi connectivity index (χ0v) is 12.6. The molecule has 90 valence electrons. The Morgan fingerprint density at radius 3 is 2.62 bits per heavy atom. The van der Waals surface area contributed by atoms with Crippen LogP contribution in [0.15, 0.2) is 10.3 Å². The molecule has 0 atom stereocenters. The monoisotopic (exact) mass is 343 g/mol. The first-order valence-electron chi connectivity index (χ1n) is 4.74. The smallest absolute Gasteiger partial charge is 0.206 e. The average molecular weight is 345 g/mol. The van der Waals surface area contributed by atoms with Crippen LogP contribution in [0.2, 0.25) is 4.34 Å². The minimum atomic E-state index is -3.42. The molecule has 1 saturated carbocycles. The van der Waals surface area contributed by atoms with Crippen LogP contribution in [-0.2, 0) is 10.0 Å². The minimum absolute atomic E-state index is 0.275. The summed E-state index contributed by atoms with van der Waals surface area (Å²) in [5, 5.41) is 0.650. The van der Waals surface area contributed by atoms with E-state index in [1.165, 1.54) is 0 Å². The summed E-state index contributed by atoms with van der Waals surface area (Å²) in [5.41, 5.74) is 0.527. The SMILES string of the molecule is Cc1cc(S(=O)(=O)NC2(CBr)CC2)sc1Cl. The van der Waals surface area contributed by atoms with Crippen LogP contribution in [0.1, 0.15) is 18.4 Å². The summed E-state index contributed by atoms with van der Waals surface area (Å²) < 4.78 is 27.6. The summed E-state index contributed by atoms with van der Waals surface area (Å²) in [6.07, 6.45) is 1.77. The molecule has 3 nitrogen and oxygen atoms in total. The fraction of sp³-hybridized carbons (Fsp3) is 0.556. The Labute approximate surface area is 112 Å². The number of sulfonamides is 1. The Balaban J connectivity index is 2.26. The molecule has 1 aromatic rings. The highest BCUT2D eigenvalue weighted by molar-refractivity contribution is 9.09. The first-order valence-corrected chi connectivity index (χ1v) is 8.54. The topological polar surface area (TPSA) is 46.2 Å². The van der Waals surface area contributed by atoms with Crippen molar-refractivity contribution >= 4 is 48.9 Å². The number of aryl methyl sites for hydroxylation is 1. The molecule has 16 heavy (non-hydrogen) atoms. The summed E-state index contributed by atoms with van der Waals surface area (Å²) in [5.74, 6) is 0. The summed E-state index contributed by atoms with van der Waals surface area (Å²) in [6, 6.07) is 1.61. The molecule has 1 heterocycles. The number of nitrogens with one attached hydrogen (secondary N) is 1. The molecule has 1 fully saturated rings. The Morgan fingerprint density at radius 2 is 2.25 bits per heavy atom. The number of hydrogen-bond donors (Lipinski definition) is 1. The van der Waals surface area contributed by atoms with Gasteiger partial charge in [0, 0.05) is 10.9 Å². The van der Waals surface area contributed by atoms with Crippen LogP contribution >= 0.6 is 38.9 Å². The number of alkyl halides is 1. The lowest BCUT2D eigenvalue weighted by Crippen LogP contribution is -2.37. The molecular weight excluding hydrogens is 334 g/mol. The zero-order chi connectivity index (χ0) is 12.0. The number of halogens is 2. The van der Waals surface area contributed by atoms with Gasteiger partial charge in [-0.2, -0.15) is 0 Å². The zero-order valence-electron chi connectivity index (χ0n) is 8.59. The molecule has 1 aliphatic carbocycles. The van der Waals surface area contributed by atoms with Crippen LogP contribution in [0.25, 0.3) is 0 Å². The molecular formula is C9H11BrClNO2S2. The van der Waals surface area contributed by atoms with Gasteiger partial charge in [-0.3, -0.25) is 0 Å². The van der Waals surface area contributed by atoms with E-state index in [2.05, 4.69) is 20.7 Å². The van der Waals surface area contributed by atoms with Gasteiger partial charge in [-0.05, 0) is 31.4 Å². The van der Waals surface area contributed by atoms with E-state index in [1.54, 1.807) is 13.0 Å². The second kappa shape index (κ2) is 4.24. The van der Waals surface area contributed by atoms with Gasteiger partial charge >= 0.3 is 0 Å². The van der Waals surface area contributed by atoms with Crippen molar-refractivity contribution in [3.63, 3.8) is 0 Å². The van der Waals surface area contributed by atoms with Crippen LogP contribution in [-0.4, -0.2) is 19.3 Å². The first kappa shape index (κ1) is 12.8. The van der Waals surface area contributed by atoms with Crippen molar-refractivity contribution in [1.29, 1.82) is 0 Å². The first-order chi connectivity index (χ1) is 7.38. The molecule has 0 saturated heterocycles. The molecule has 7 heteroatoms. The van der Waals surface area contributed by atoms with Crippen LogP contribution in [0.4, 0.5) is 0 Å². The summed E-state index contributed by atoms with van der Waals surface area (Å²) >= 11 is 10.3. The van der Waals surface area contributed by atoms with E-state index in [-0.39, 0.29) is 5.54 Å². The molecule has 0 unspecified atom stereocenters. The van der Waals surface area contributed by atoms with E-state index in [4.69, 9.17) is 11.6 Å². The average Bonchev–Trinajstić information content (AvgIpc) is 2.88. The van der Waals surface area contributed by atoms with E-state index >= 15 is 0 Å². The van der Waals surface area contributed by atoms with Gasteiger partial charge in [-0.1, -0.05) is 27.5 Å². The van der Waals surface area contributed by atoms with Crippen LogP contribution in [0.3, 0.4) is 0 Å². The van der Waals surface area contributed by atoms with Gasteiger partial charge in [0.15, 0.2) is 0 Å². The summed E-state index contributed by atoms with van der Waals surface area (Å²) in [4.78, 5) is 0. The number of thiophene rings is 1. The van der Waals surface area contributed by atoms with E-state index < -0.39 is 10.0 Å². The van der Waals surface area contributed by atoms with E-state index in [0.29, 0.717) is 13.9 Å². The second-order valence-electron chi connectivity index (χ2n) is 4.04. The third kappa shape index (κ3) is 2.46. The lowest BCUT2D eigenvalue weighted by atomic mass is 10.4. The van der Waals surface area contributed by atoms with Gasteiger partial charge in [0.05, 0.1) is 4.34 Å². The molecule has 0 amide bonds. The van der Waals surface area contributed by atoms with Gasteiger partial charge < -0.3 is 0 Å². The Morgan fingerprint density at radius 1 is 1.62 bits per heavy atom. The van der Waals surface area contributed by atoms with Gasteiger partial charge in [0.2, 0.25) is 0 Å². The Bertz CT molecular complexity index is 488. The normalized spacial score (nSPS) is 18.7. The Kier molecular flexibility index (Phi) is 3.40. The Hall–Kier alpha value is 0.380. The van der Waals surface area contributed by atoms with Gasteiger partial charge in [-0.25, -0.2) is 13.1 Å². The fourth-order valence-corrected chi connectivity index (χ4v) is 5.37. The summed E-state index contributed by atoms with van der Waals surface area (Å²) in [6.45, 7) is 1.80. The maximum absolute atomic E-state index is 12.0. The third-order valence-corrected chi connectivity index (χ3v) is 7.24. The van der Waals surface area contributed by atoms with Crippen molar-refractivity contribution in [2.75, 3.05) is 5.33 Å². The van der Waals surface area contributed by atoms with E-state index in [9.17, 15) is 8.42 Å². The predicted molar refractivity (Wildman–Crippen MR) is 70.1 cm³/mol. The molecule has 1 aliphatic rings. The molecule has 0 aliphatic heterocycles. The standard InChI is InChI=1S/C9H11BrClNO2S2/c1-6-4-7(15-8(6)11)16(13,14)12-9(5-10)2-3-9/h4,12H,2-3,5H2,1H3. The molecule has 0 aromatic carbocycles. The highest BCUT2D eigenvalue weighted by Gasteiger charge is 2.45. The molecule has 0 bridgehead atoms. The largest absolute Gasteiger partial charge is 0.250 e. The van der Waals surface area contributed by atoms with Crippen molar-refractivity contribution < 1.29 is 8.42 Å². The summed E-state index contributed by atoms with van der Waals surface area (Å²) in [7, 11) is -3.42. The van der Waals surface area contributed by atoms with Crippen molar-refractivity contribution in [3.8, 4) is 0 Å². The van der Waals surface area contributed by atoms with Crippen molar-refractivity contribution in [2.45, 2.75) is 29.5 Å². The molecule has 0 radical (unpaired) electrons. The van der Waals surface area contributed by atoms with Crippen molar-refractivity contribution in [3.05, 3.63) is 16.0 Å². The van der Waals surface area contributed by atoms with Crippen LogP contribution < -0.4 is 4.72 Å². The van der Waals surface area contributed by atoms with E-state index in [0.717, 1.165) is 29.7 Å². The molecule has 1 N–H and O–H groups in total. The highest BCUT2D eigenvalue weighted by Crippen LogP contribution is 2.39. The fourth-order valence-electron chi connectivity index (χ4n) is 1.31. The van der Waals surface area contributed by atoms with Crippen LogP contribution in [0, 0.1) is 6.92 Å². The van der Waals surface area contributed by atoms with Crippen molar-refractivity contribution in [2.24, 2.45) is 0 Å². The number of rotatable bonds is 4. The molecule has 2 rings (SSSR count). The quantitative estimate of drug-likeness (QED) is 0.854. The molecule has 0 spiro atoms. The maximum atomic E-state index is 12.0. The third-order valence-electron chi connectivity index (χ3n) is 2.56. The molecule has 1 aromatic heterocycles. The van der Waals surface area contributed by atoms with Crippen LogP contribution in [0.5, 0.6) is 0 Å². The van der Waals surface area contributed by atoms with Crippen molar-refractivity contribution in [1.82, 2.24) is 4.72 Å². The number of hydrogen-bond acceptors (Lipinski definition) is 3. The highest BCUT2D eigenvalue weighted by atomic mass is 79.9. The predicted octanol–water partition coefficient (Wildman–Crippen LogP) is 2.92. The van der Waals surface area contributed by atoms with E-state index in [1.807, 2.05) is 0 Å². The van der Waals surface area contributed by atoms with Gasteiger partial charge in [0.1, 0.15) is 4.21 Å². The minimum Gasteiger partial charge on any atom is -0.206 e. The van der Waals surface area contributed by atoms with Gasteiger partial charge in [-0.15, -0.1) is 11.3 Å². The lowest BCUT2D eigenvalue weighted by Gasteiger charge is -2.12.